The van der Waals surface area contributed by atoms with Crippen molar-refractivity contribution in [3.63, 3.8) is 0 Å². The lowest BCUT2D eigenvalue weighted by atomic mass is 10.0. The topological polar surface area (TPSA) is 95.1 Å². The van der Waals surface area contributed by atoms with Crippen molar-refractivity contribution in [1.29, 1.82) is 0 Å². The summed E-state index contributed by atoms with van der Waals surface area (Å²) in [4.78, 5) is 0. The largest absolute Gasteiger partial charge is 0.497 e. The molecule has 0 aliphatic carbocycles. The van der Waals surface area contributed by atoms with Crippen LogP contribution in [0.15, 0.2) is 30.3 Å². The Balaban J connectivity index is 1.56. The van der Waals surface area contributed by atoms with E-state index in [1.807, 2.05) is 58.0 Å². The summed E-state index contributed by atoms with van der Waals surface area (Å²) in [5, 5.41) is 18.4. The summed E-state index contributed by atoms with van der Waals surface area (Å²) < 4.78 is 28.8. The molecule has 4 atom stereocenters. The van der Waals surface area contributed by atoms with E-state index in [2.05, 4.69) is 10.2 Å². The van der Waals surface area contributed by atoms with E-state index in [9.17, 15) is 5.11 Å². The van der Waals surface area contributed by atoms with E-state index in [1.165, 1.54) is 0 Å². The molecule has 8 nitrogen and oxygen atoms in total. The van der Waals surface area contributed by atoms with Gasteiger partial charge in [-0.3, -0.25) is 5.10 Å². The fourth-order valence-corrected chi connectivity index (χ4v) is 3.77. The van der Waals surface area contributed by atoms with Crippen molar-refractivity contribution in [1.82, 2.24) is 10.2 Å². The van der Waals surface area contributed by atoms with E-state index < -0.39 is 36.0 Å². The first-order chi connectivity index (χ1) is 13.7. The molecule has 2 N–H and O–H groups in total. The number of hydrogen-bond acceptors (Lipinski definition) is 7. The highest BCUT2D eigenvalue weighted by molar-refractivity contribution is 5.60. The molecule has 0 bridgehead atoms. The molecule has 2 aliphatic rings. The number of nitrogens with one attached hydrogen (secondary N) is 1. The Morgan fingerprint density at radius 1 is 1.10 bits per heavy atom. The van der Waals surface area contributed by atoms with Crippen molar-refractivity contribution in [2.45, 2.75) is 63.7 Å². The number of methoxy groups -OCH3 is 1. The summed E-state index contributed by atoms with van der Waals surface area (Å²) in [7, 11) is 1.63. The van der Waals surface area contributed by atoms with Crippen LogP contribution in [0.25, 0.3) is 11.3 Å². The Morgan fingerprint density at radius 2 is 1.83 bits per heavy atom. The summed E-state index contributed by atoms with van der Waals surface area (Å²) in [6.07, 6.45) is -2.57. The van der Waals surface area contributed by atoms with Crippen molar-refractivity contribution in [2.75, 3.05) is 13.7 Å². The van der Waals surface area contributed by atoms with Crippen molar-refractivity contribution in [2.24, 2.45) is 0 Å². The fraction of sp³-hybridized carbons (Fsp3) is 0.571. The second-order valence-corrected chi connectivity index (χ2v) is 8.32. The van der Waals surface area contributed by atoms with Gasteiger partial charge >= 0.3 is 0 Å². The van der Waals surface area contributed by atoms with Crippen molar-refractivity contribution in [3.05, 3.63) is 36.0 Å². The Morgan fingerprint density at radius 3 is 2.45 bits per heavy atom. The van der Waals surface area contributed by atoms with Crippen LogP contribution >= 0.6 is 0 Å². The number of nitrogens with zero attached hydrogens (tertiary/aromatic N) is 1. The summed E-state index contributed by atoms with van der Waals surface area (Å²) >= 11 is 0. The number of aliphatic hydroxyl groups is 1. The summed E-state index contributed by atoms with van der Waals surface area (Å²) in [5.74, 6) is -0.800. The van der Waals surface area contributed by atoms with Gasteiger partial charge < -0.3 is 28.8 Å². The lowest BCUT2D eigenvalue weighted by molar-refractivity contribution is -0.178. The standard InChI is InChI=1S/C21H28N2O6/c1-20(2)26-11-16(27-20)17(24)19-18(28-21(3,4)29-19)15-10-14(22-23-15)12-6-8-13(25-5)9-7-12/h6-10,16-19,24H,11H2,1-5H3,(H,22,23)/t16-,17-,18-,19+/m1/s1. The monoisotopic (exact) mass is 404 g/mol. The van der Waals surface area contributed by atoms with Crippen LogP contribution in [0, 0.1) is 0 Å². The number of aliphatic hydroxyl groups excluding tert-OH is 1. The van der Waals surface area contributed by atoms with Crippen LogP contribution in [0.1, 0.15) is 39.5 Å². The second kappa shape index (κ2) is 7.37. The molecule has 0 unspecified atom stereocenters. The number of rotatable bonds is 5. The van der Waals surface area contributed by atoms with Gasteiger partial charge in [-0.2, -0.15) is 5.10 Å². The normalized spacial score (nSPS) is 29.1. The van der Waals surface area contributed by atoms with Gasteiger partial charge in [0, 0.05) is 5.56 Å². The van der Waals surface area contributed by atoms with Gasteiger partial charge in [0.1, 0.15) is 30.2 Å². The summed E-state index contributed by atoms with van der Waals surface area (Å²) in [6.45, 7) is 7.58. The Kier molecular flexibility index (Phi) is 5.16. The lowest BCUT2D eigenvalue weighted by Crippen LogP contribution is -2.42. The minimum absolute atomic E-state index is 0.293. The van der Waals surface area contributed by atoms with E-state index in [0.29, 0.717) is 6.61 Å². The molecule has 1 aromatic heterocycles. The zero-order chi connectivity index (χ0) is 20.8. The van der Waals surface area contributed by atoms with Gasteiger partial charge in [0.05, 0.1) is 25.1 Å². The molecular weight excluding hydrogens is 376 g/mol. The molecule has 4 rings (SSSR count). The van der Waals surface area contributed by atoms with E-state index in [0.717, 1.165) is 22.7 Å². The Hall–Kier alpha value is -1.97. The third-order valence-electron chi connectivity index (χ3n) is 5.17. The maximum atomic E-state index is 11.0. The van der Waals surface area contributed by atoms with Gasteiger partial charge in [-0.05, 0) is 58.0 Å². The minimum atomic E-state index is -0.920. The maximum Gasteiger partial charge on any atom is 0.164 e. The van der Waals surface area contributed by atoms with Crippen LogP contribution in [0.3, 0.4) is 0 Å². The van der Waals surface area contributed by atoms with E-state index in [-0.39, 0.29) is 0 Å². The van der Waals surface area contributed by atoms with Gasteiger partial charge in [0.25, 0.3) is 0 Å². The van der Waals surface area contributed by atoms with Gasteiger partial charge in [-0.1, -0.05) is 0 Å². The first-order valence-corrected chi connectivity index (χ1v) is 9.73. The number of H-pyrrole nitrogens is 1. The van der Waals surface area contributed by atoms with Gasteiger partial charge in [0.2, 0.25) is 0 Å². The lowest BCUT2D eigenvalue weighted by Gasteiger charge is -2.26. The third-order valence-corrected chi connectivity index (χ3v) is 5.17. The quantitative estimate of drug-likeness (QED) is 0.791. The number of hydrogen-bond donors (Lipinski definition) is 2. The average Bonchev–Trinajstić information content (AvgIpc) is 3.38. The molecule has 0 radical (unpaired) electrons. The predicted octanol–water partition coefficient (Wildman–Crippen LogP) is 2.79. The van der Waals surface area contributed by atoms with Crippen molar-refractivity contribution >= 4 is 0 Å². The molecule has 3 heterocycles. The van der Waals surface area contributed by atoms with Crippen LogP contribution in [0.4, 0.5) is 0 Å². The Labute approximate surface area is 170 Å². The zero-order valence-corrected chi connectivity index (χ0v) is 17.3. The predicted molar refractivity (Wildman–Crippen MR) is 104 cm³/mol. The van der Waals surface area contributed by atoms with Crippen LogP contribution in [0.5, 0.6) is 5.75 Å². The van der Waals surface area contributed by atoms with E-state index in [1.54, 1.807) is 7.11 Å². The molecule has 2 fully saturated rings. The molecule has 2 aliphatic heterocycles. The highest BCUT2D eigenvalue weighted by atomic mass is 16.8. The maximum absolute atomic E-state index is 11.0. The van der Waals surface area contributed by atoms with Crippen LogP contribution in [0.2, 0.25) is 0 Å². The van der Waals surface area contributed by atoms with Crippen LogP contribution in [-0.4, -0.2) is 58.9 Å². The van der Waals surface area contributed by atoms with Crippen LogP contribution in [-0.2, 0) is 18.9 Å². The average molecular weight is 404 g/mol. The number of benzene rings is 1. The third kappa shape index (κ3) is 4.17. The Bertz CT molecular complexity index is 847. The molecule has 0 saturated carbocycles. The minimum Gasteiger partial charge on any atom is -0.497 e. The molecule has 158 valence electrons. The molecule has 2 aromatic rings. The van der Waals surface area contributed by atoms with Gasteiger partial charge in [0.15, 0.2) is 11.6 Å². The van der Waals surface area contributed by atoms with Gasteiger partial charge in [-0.15, -0.1) is 0 Å². The molecule has 1 aromatic carbocycles. The van der Waals surface area contributed by atoms with E-state index >= 15 is 0 Å². The zero-order valence-electron chi connectivity index (χ0n) is 17.3. The SMILES string of the molecule is COc1ccc(-c2cc([C@H]3OC(C)(C)O[C@H]3[C@H](O)[C@H]3COC(C)(C)O3)[nH]n2)cc1. The fourth-order valence-electron chi connectivity index (χ4n) is 3.77. The first-order valence-electron chi connectivity index (χ1n) is 9.73. The molecule has 0 spiro atoms. The smallest absolute Gasteiger partial charge is 0.164 e. The van der Waals surface area contributed by atoms with Crippen molar-refractivity contribution in [3.8, 4) is 17.0 Å². The van der Waals surface area contributed by atoms with Gasteiger partial charge in [-0.25, -0.2) is 0 Å². The number of aromatic nitrogens is 2. The number of ether oxygens (including phenoxy) is 5. The highest BCUT2D eigenvalue weighted by Crippen LogP contribution is 2.41. The molecule has 0 amide bonds. The molecular formula is C21H28N2O6. The molecule has 8 heteroatoms. The summed E-state index contributed by atoms with van der Waals surface area (Å²) in [5.41, 5.74) is 2.44. The molecule has 29 heavy (non-hydrogen) atoms. The van der Waals surface area contributed by atoms with Crippen molar-refractivity contribution < 1.29 is 28.8 Å². The highest BCUT2D eigenvalue weighted by Gasteiger charge is 2.50. The second-order valence-electron chi connectivity index (χ2n) is 8.32. The summed E-state index contributed by atoms with van der Waals surface area (Å²) in [6, 6.07) is 9.55. The van der Waals surface area contributed by atoms with E-state index in [4.69, 9.17) is 23.7 Å². The first kappa shape index (κ1) is 20.3. The molecule has 2 saturated heterocycles. The number of aromatic amines is 1. The van der Waals surface area contributed by atoms with Crippen LogP contribution < -0.4 is 4.74 Å².